The van der Waals surface area contributed by atoms with Crippen LogP contribution in [0.1, 0.15) is 15.2 Å². The highest BCUT2D eigenvalue weighted by Crippen LogP contribution is 2.34. The summed E-state index contributed by atoms with van der Waals surface area (Å²) in [5, 5.41) is 10.2. The minimum absolute atomic E-state index is 0.301. The van der Waals surface area contributed by atoms with E-state index in [0.717, 1.165) is 28.7 Å². The molecule has 0 amide bonds. The molecule has 0 unspecified atom stereocenters. The van der Waals surface area contributed by atoms with Crippen LogP contribution in [0.3, 0.4) is 0 Å². The molecule has 0 saturated carbocycles. The summed E-state index contributed by atoms with van der Waals surface area (Å²) in [7, 11) is 0. The minimum atomic E-state index is -0.908. The second kappa shape index (κ2) is 4.05. The molecule has 5 heteroatoms. The summed E-state index contributed by atoms with van der Waals surface area (Å²) in [4.78, 5) is 16.8. The number of carboxylic acids is 1. The number of allylic oxidation sites excluding steroid dienone is 1. The van der Waals surface area contributed by atoms with Gasteiger partial charge < -0.3 is 9.67 Å². The van der Waals surface area contributed by atoms with Gasteiger partial charge in [0.1, 0.15) is 5.69 Å². The highest BCUT2D eigenvalue weighted by atomic mass is 32.1. The maximum Gasteiger partial charge on any atom is 0.335 e. The molecule has 3 heterocycles. The van der Waals surface area contributed by atoms with Crippen molar-refractivity contribution in [2.24, 2.45) is 0 Å². The summed E-state index contributed by atoms with van der Waals surface area (Å²) >= 11 is 1.65. The summed E-state index contributed by atoms with van der Waals surface area (Å²) in [5.74, 6) is -0.908. The average molecular weight is 282 g/mol. The smallest absolute Gasteiger partial charge is 0.335 e. The zero-order valence-electron chi connectivity index (χ0n) is 10.4. The van der Waals surface area contributed by atoms with E-state index in [1.54, 1.807) is 23.5 Å². The van der Waals surface area contributed by atoms with Crippen molar-refractivity contribution in [1.82, 2.24) is 9.55 Å². The maximum atomic E-state index is 11.1. The predicted octanol–water partition coefficient (Wildman–Crippen LogP) is 3.49. The molecule has 1 N–H and O–H groups in total. The van der Waals surface area contributed by atoms with Gasteiger partial charge in [0.05, 0.1) is 22.3 Å². The third-order valence-corrected chi connectivity index (χ3v) is 4.39. The number of nitrogens with zero attached hydrogens (tertiary/aromatic N) is 2. The molecule has 0 fully saturated rings. The fourth-order valence-corrected chi connectivity index (χ4v) is 3.33. The van der Waals surface area contributed by atoms with E-state index in [-0.39, 0.29) is 0 Å². The maximum absolute atomic E-state index is 11.1. The van der Waals surface area contributed by atoms with Gasteiger partial charge in [-0.1, -0.05) is 12.1 Å². The monoisotopic (exact) mass is 282 g/mol. The van der Waals surface area contributed by atoms with Gasteiger partial charge in [-0.15, -0.1) is 11.3 Å². The fourth-order valence-electron chi connectivity index (χ4n) is 2.59. The molecule has 0 aliphatic carbocycles. The largest absolute Gasteiger partial charge is 0.478 e. The molecule has 1 aliphatic rings. The minimum Gasteiger partial charge on any atom is -0.478 e. The van der Waals surface area contributed by atoms with E-state index in [1.807, 2.05) is 22.3 Å². The molecule has 0 atom stereocenters. The van der Waals surface area contributed by atoms with Gasteiger partial charge in [-0.3, -0.25) is 0 Å². The number of thiazole rings is 1. The molecular formula is C15H10N2O2S. The summed E-state index contributed by atoms with van der Waals surface area (Å²) in [5.41, 5.74) is 5.07. The van der Waals surface area contributed by atoms with E-state index in [1.165, 1.54) is 4.88 Å². The van der Waals surface area contributed by atoms with E-state index >= 15 is 0 Å². The third kappa shape index (κ3) is 1.53. The van der Waals surface area contributed by atoms with Crippen LogP contribution in [0, 0.1) is 0 Å². The van der Waals surface area contributed by atoms with Gasteiger partial charge in [-0.25, -0.2) is 9.78 Å². The lowest BCUT2D eigenvalue weighted by Crippen LogP contribution is -1.96. The van der Waals surface area contributed by atoms with Crippen LogP contribution in [0.5, 0.6) is 0 Å². The Balaban J connectivity index is 2.06. The molecule has 1 aromatic carbocycles. The van der Waals surface area contributed by atoms with Crippen LogP contribution < -0.4 is 0 Å². The van der Waals surface area contributed by atoms with Gasteiger partial charge in [0.15, 0.2) is 0 Å². The fraction of sp³-hybridized carbons (Fsp3) is 0.0667. The standard InChI is InChI=1S/C15H10N2O2S/c18-15(19)10-4-3-9-6-12-14-13(20-8-16-14)2-1-5-17(12)11(9)7-10/h1,3-8H,2H2,(H,18,19). The van der Waals surface area contributed by atoms with Crippen molar-refractivity contribution in [3.05, 3.63) is 46.3 Å². The van der Waals surface area contributed by atoms with Crippen molar-refractivity contribution in [1.29, 1.82) is 0 Å². The molecule has 4 rings (SSSR count). The number of hydrogen-bond donors (Lipinski definition) is 1. The summed E-state index contributed by atoms with van der Waals surface area (Å²) in [6, 6.07) is 7.26. The lowest BCUT2D eigenvalue weighted by molar-refractivity contribution is 0.0697. The number of aromatic nitrogens is 2. The Labute approximate surface area is 118 Å². The summed E-state index contributed by atoms with van der Waals surface area (Å²) in [6.45, 7) is 0. The zero-order chi connectivity index (χ0) is 13.7. The summed E-state index contributed by atoms with van der Waals surface area (Å²) < 4.78 is 2.02. The van der Waals surface area contributed by atoms with Crippen molar-refractivity contribution in [2.75, 3.05) is 0 Å². The van der Waals surface area contributed by atoms with Crippen molar-refractivity contribution >= 4 is 34.4 Å². The molecule has 98 valence electrons. The molecule has 0 bridgehead atoms. The quantitative estimate of drug-likeness (QED) is 0.743. The molecule has 0 spiro atoms. The molecule has 0 radical (unpaired) electrons. The molecule has 20 heavy (non-hydrogen) atoms. The number of carbonyl (C=O) groups is 1. The van der Waals surface area contributed by atoms with Crippen molar-refractivity contribution in [3.8, 4) is 11.4 Å². The highest BCUT2D eigenvalue weighted by molar-refractivity contribution is 7.10. The lowest BCUT2D eigenvalue weighted by atomic mass is 10.1. The molecular weight excluding hydrogens is 272 g/mol. The Morgan fingerprint density at radius 3 is 3.10 bits per heavy atom. The van der Waals surface area contributed by atoms with Crippen LogP contribution in [0.4, 0.5) is 0 Å². The number of aromatic carboxylic acids is 1. The van der Waals surface area contributed by atoms with Crippen LogP contribution in [-0.2, 0) is 6.42 Å². The van der Waals surface area contributed by atoms with Gasteiger partial charge in [0, 0.05) is 22.9 Å². The number of rotatable bonds is 1. The van der Waals surface area contributed by atoms with E-state index < -0.39 is 5.97 Å². The SMILES string of the molecule is O=C(O)c1ccc2cc3n(c2c1)C=CCc1scnc1-3. The normalized spacial score (nSPS) is 13.0. The van der Waals surface area contributed by atoms with Crippen molar-refractivity contribution in [2.45, 2.75) is 6.42 Å². The second-order valence-electron chi connectivity index (χ2n) is 4.69. The van der Waals surface area contributed by atoms with Crippen LogP contribution in [-0.4, -0.2) is 20.6 Å². The second-order valence-corrected chi connectivity index (χ2v) is 5.63. The highest BCUT2D eigenvalue weighted by Gasteiger charge is 2.17. The van der Waals surface area contributed by atoms with Gasteiger partial charge >= 0.3 is 5.97 Å². The average Bonchev–Trinajstić information content (AvgIpc) is 2.99. The number of hydrogen-bond acceptors (Lipinski definition) is 3. The first-order valence-electron chi connectivity index (χ1n) is 6.22. The lowest BCUT2D eigenvalue weighted by Gasteiger charge is -2.02. The third-order valence-electron chi connectivity index (χ3n) is 3.53. The number of carboxylic acid groups (broad SMARTS) is 1. The Morgan fingerprint density at radius 1 is 1.35 bits per heavy atom. The van der Waals surface area contributed by atoms with Crippen LogP contribution >= 0.6 is 11.3 Å². The molecule has 1 aliphatic heterocycles. The van der Waals surface area contributed by atoms with Crippen LogP contribution in [0.2, 0.25) is 0 Å². The van der Waals surface area contributed by atoms with E-state index in [4.69, 9.17) is 5.11 Å². The Morgan fingerprint density at radius 2 is 2.25 bits per heavy atom. The van der Waals surface area contributed by atoms with Gasteiger partial charge in [-0.2, -0.15) is 0 Å². The van der Waals surface area contributed by atoms with Crippen molar-refractivity contribution in [3.63, 3.8) is 0 Å². The van der Waals surface area contributed by atoms with Crippen LogP contribution in [0.15, 0.2) is 35.9 Å². The Bertz CT molecular complexity index is 873. The van der Waals surface area contributed by atoms with E-state index in [0.29, 0.717) is 5.56 Å². The zero-order valence-corrected chi connectivity index (χ0v) is 11.2. The molecule has 0 saturated heterocycles. The van der Waals surface area contributed by atoms with Gasteiger partial charge in [-0.05, 0) is 18.2 Å². The van der Waals surface area contributed by atoms with Gasteiger partial charge in [0.25, 0.3) is 0 Å². The predicted molar refractivity (Wildman–Crippen MR) is 79.0 cm³/mol. The van der Waals surface area contributed by atoms with E-state index in [2.05, 4.69) is 17.1 Å². The number of fused-ring (bicyclic) bond motifs is 5. The topological polar surface area (TPSA) is 55.1 Å². The van der Waals surface area contributed by atoms with Gasteiger partial charge in [0.2, 0.25) is 0 Å². The number of benzene rings is 1. The Hall–Kier alpha value is -2.40. The molecule has 3 aromatic rings. The Kier molecular flexibility index (Phi) is 2.31. The van der Waals surface area contributed by atoms with Crippen LogP contribution in [0.25, 0.3) is 28.5 Å². The first-order chi connectivity index (χ1) is 9.74. The molecule has 4 nitrogen and oxygen atoms in total. The first kappa shape index (κ1) is 11.4. The molecule has 2 aromatic heterocycles. The summed E-state index contributed by atoms with van der Waals surface area (Å²) in [6.07, 6.45) is 4.94. The van der Waals surface area contributed by atoms with E-state index in [9.17, 15) is 4.79 Å². The first-order valence-corrected chi connectivity index (χ1v) is 7.09. The van der Waals surface area contributed by atoms with Crippen molar-refractivity contribution < 1.29 is 9.90 Å².